The SMILES string of the molecule is CN(C)CCOc1cncc(-c2cc3c(cn2)CCN=C3c2cc3c(-c4ccccn4)cccc3[nH]2)c1. The second kappa shape index (κ2) is 9.95. The quantitative estimate of drug-likeness (QED) is 0.348. The Morgan fingerprint density at radius 2 is 1.86 bits per heavy atom. The summed E-state index contributed by atoms with van der Waals surface area (Å²) in [5.41, 5.74) is 9.14. The Morgan fingerprint density at radius 3 is 2.73 bits per heavy atom. The molecule has 5 heterocycles. The van der Waals surface area contributed by atoms with Crippen LogP contribution < -0.4 is 4.74 Å². The highest BCUT2D eigenvalue weighted by Crippen LogP contribution is 2.31. The monoisotopic (exact) mass is 488 g/mol. The molecule has 1 N–H and O–H groups in total. The lowest BCUT2D eigenvalue weighted by Crippen LogP contribution is -2.19. The molecule has 6 rings (SSSR count). The smallest absolute Gasteiger partial charge is 0.138 e. The fraction of sp³-hybridized carbons (Fsp3) is 0.200. The summed E-state index contributed by atoms with van der Waals surface area (Å²) in [7, 11) is 4.06. The molecule has 0 radical (unpaired) electrons. The van der Waals surface area contributed by atoms with Crippen LogP contribution in [0.5, 0.6) is 5.75 Å². The van der Waals surface area contributed by atoms with Crippen molar-refractivity contribution < 1.29 is 4.74 Å². The van der Waals surface area contributed by atoms with Gasteiger partial charge in [0.1, 0.15) is 12.4 Å². The molecule has 1 aliphatic rings. The summed E-state index contributed by atoms with van der Waals surface area (Å²) in [6.07, 6.45) is 8.25. The Hall–Kier alpha value is -4.36. The largest absolute Gasteiger partial charge is 0.491 e. The molecule has 0 spiro atoms. The van der Waals surface area contributed by atoms with Crippen molar-refractivity contribution in [1.82, 2.24) is 24.8 Å². The van der Waals surface area contributed by atoms with E-state index in [-0.39, 0.29) is 0 Å². The summed E-state index contributed by atoms with van der Waals surface area (Å²) in [4.78, 5) is 24.4. The summed E-state index contributed by atoms with van der Waals surface area (Å²) >= 11 is 0. The van der Waals surface area contributed by atoms with Gasteiger partial charge in [-0.2, -0.15) is 0 Å². The van der Waals surface area contributed by atoms with Gasteiger partial charge in [-0.3, -0.25) is 19.9 Å². The number of hydrogen-bond acceptors (Lipinski definition) is 6. The first-order valence-electron chi connectivity index (χ1n) is 12.5. The van der Waals surface area contributed by atoms with Crippen LogP contribution in [0.1, 0.15) is 16.8 Å². The third-order valence-electron chi connectivity index (χ3n) is 6.57. The average molecular weight is 489 g/mol. The van der Waals surface area contributed by atoms with Gasteiger partial charge in [-0.15, -0.1) is 0 Å². The summed E-state index contributed by atoms with van der Waals surface area (Å²) in [6.45, 7) is 2.18. The van der Waals surface area contributed by atoms with Crippen molar-refractivity contribution in [2.24, 2.45) is 4.99 Å². The molecule has 7 nitrogen and oxygen atoms in total. The number of aromatic nitrogens is 4. The molecule has 0 unspecified atom stereocenters. The van der Waals surface area contributed by atoms with E-state index < -0.39 is 0 Å². The second-order valence-electron chi connectivity index (χ2n) is 9.43. The van der Waals surface area contributed by atoms with Crippen LogP contribution in [0.2, 0.25) is 0 Å². The van der Waals surface area contributed by atoms with Crippen LogP contribution in [0.3, 0.4) is 0 Å². The molecule has 1 aliphatic heterocycles. The van der Waals surface area contributed by atoms with Gasteiger partial charge < -0.3 is 14.6 Å². The standard InChI is InChI=1S/C30H28N6O/c1-36(2)12-13-37-22-14-21(17-31-19-22)28-15-24-20(18-34-28)9-11-33-30(24)29-16-25-23(6-5-8-27(25)35-29)26-7-3-4-10-32-26/h3-8,10,14-19,35H,9,11-13H2,1-2H3. The lowest BCUT2D eigenvalue weighted by molar-refractivity contribution is 0.261. The van der Waals surface area contributed by atoms with Crippen molar-refractivity contribution in [2.75, 3.05) is 33.8 Å². The fourth-order valence-electron chi connectivity index (χ4n) is 4.68. The second-order valence-corrected chi connectivity index (χ2v) is 9.43. The predicted molar refractivity (Wildman–Crippen MR) is 147 cm³/mol. The number of likely N-dealkylation sites (N-methyl/N-ethyl adjacent to an activating group) is 1. The molecule has 7 heteroatoms. The summed E-state index contributed by atoms with van der Waals surface area (Å²) in [5.74, 6) is 0.741. The molecule has 0 atom stereocenters. The lowest BCUT2D eigenvalue weighted by Gasteiger charge is -2.17. The number of fused-ring (bicyclic) bond motifs is 2. The maximum atomic E-state index is 5.90. The van der Waals surface area contributed by atoms with E-state index in [1.165, 1.54) is 5.56 Å². The molecular weight excluding hydrogens is 460 g/mol. The van der Waals surface area contributed by atoms with Gasteiger partial charge in [-0.1, -0.05) is 18.2 Å². The Morgan fingerprint density at radius 1 is 0.919 bits per heavy atom. The van der Waals surface area contributed by atoms with Gasteiger partial charge in [0.25, 0.3) is 0 Å². The van der Waals surface area contributed by atoms with Crippen LogP contribution in [0.4, 0.5) is 0 Å². The van der Waals surface area contributed by atoms with E-state index in [4.69, 9.17) is 14.7 Å². The number of aromatic amines is 1. The number of nitrogens with zero attached hydrogens (tertiary/aromatic N) is 5. The number of aliphatic imine (C=N–C) groups is 1. The maximum Gasteiger partial charge on any atom is 0.138 e. The normalized spacial score (nSPS) is 13.0. The van der Waals surface area contributed by atoms with Crippen LogP contribution in [0.25, 0.3) is 33.4 Å². The third kappa shape index (κ3) is 4.73. The minimum atomic E-state index is 0.605. The van der Waals surface area contributed by atoms with Gasteiger partial charge in [0.05, 0.1) is 29.0 Å². The van der Waals surface area contributed by atoms with Gasteiger partial charge in [0, 0.05) is 59.3 Å². The van der Waals surface area contributed by atoms with E-state index in [0.29, 0.717) is 6.61 Å². The van der Waals surface area contributed by atoms with Gasteiger partial charge >= 0.3 is 0 Å². The van der Waals surface area contributed by atoms with Gasteiger partial charge in [-0.05, 0) is 62.5 Å². The van der Waals surface area contributed by atoms with Crippen LogP contribution in [-0.2, 0) is 6.42 Å². The molecule has 0 aliphatic carbocycles. The zero-order chi connectivity index (χ0) is 25.2. The first kappa shape index (κ1) is 23.1. The minimum absolute atomic E-state index is 0.605. The van der Waals surface area contributed by atoms with Crippen LogP contribution in [0.15, 0.2) is 84.4 Å². The first-order chi connectivity index (χ1) is 18.2. The van der Waals surface area contributed by atoms with Crippen molar-refractivity contribution in [3.63, 3.8) is 0 Å². The molecule has 0 saturated carbocycles. The number of H-pyrrole nitrogens is 1. The fourth-order valence-corrected chi connectivity index (χ4v) is 4.68. The molecule has 5 aromatic rings. The van der Waals surface area contributed by atoms with E-state index in [9.17, 15) is 0 Å². The van der Waals surface area contributed by atoms with Gasteiger partial charge in [0.2, 0.25) is 0 Å². The van der Waals surface area contributed by atoms with E-state index in [1.54, 1.807) is 6.20 Å². The van der Waals surface area contributed by atoms with E-state index in [0.717, 1.165) is 75.6 Å². The number of rotatable bonds is 7. The number of pyridine rings is 3. The molecular formula is C30H28N6O. The summed E-state index contributed by atoms with van der Waals surface area (Å²) < 4.78 is 5.90. The predicted octanol–water partition coefficient (Wildman–Crippen LogP) is 5.02. The molecule has 0 saturated heterocycles. The Balaban J connectivity index is 1.35. The Bertz CT molecular complexity index is 1590. The Kier molecular flexibility index (Phi) is 6.20. The molecule has 0 fully saturated rings. The van der Waals surface area contributed by atoms with Crippen molar-refractivity contribution in [3.05, 3.63) is 96.2 Å². The van der Waals surface area contributed by atoms with E-state index >= 15 is 0 Å². The number of benzene rings is 1. The maximum absolute atomic E-state index is 5.90. The molecule has 0 amide bonds. The highest BCUT2D eigenvalue weighted by Gasteiger charge is 2.20. The van der Waals surface area contributed by atoms with Gasteiger partial charge in [0.15, 0.2) is 0 Å². The first-order valence-corrected chi connectivity index (χ1v) is 12.5. The number of ether oxygens (including phenoxy) is 1. The topological polar surface area (TPSA) is 79.3 Å². The zero-order valence-electron chi connectivity index (χ0n) is 21.0. The minimum Gasteiger partial charge on any atom is -0.491 e. The summed E-state index contributed by atoms with van der Waals surface area (Å²) in [5, 5.41) is 1.13. The van der Waals surface area contributed by atoms with Crippen molar-refractivity contribution in [1.29, 1.82) is 0 Å². The molecule has 0 bridgehead atoms. The van der Waals surface area contributed by atoms with E-state index in [1.807, 2.05) is 57.0 Å². The Labute approximate surface area is 215 Å². The van der Waals surface area contributed by atoms with Gasteiger partial charge in [-0.25, -0.2) is 0 Å². The molecule has 1 aromatic carbocycles. The highest BCUT2D eigenvalue weighted by atomic mass is 16.5. The highest BCUT2D eigenvalue weighted by molar-refractivity contribution is 6.16. The third-order valence-corrected chi connectivity index (χ3v) is 6.57. The molecule has 37 heavy (non-hydrogen) atoms. The number of hydrogen-bond donors (Lipinski definition) is 1. The lowest BCUT2D eigenvalue weighted by atomic mass is 9.95. The van der Waals surface area contributed by atoms with E-state index in [2.05, 4.69) is 50.2 Å². The van der Waals surface area contributed by atoms with Crippen LogP contribution >= 0.6 is 0 Å². The van der Waals surface area contributed by atoms with Crippen molar-refractivity contribution in [2.45, 2.75) is 6.42 Å². The average Bonchev–Trinajstić information content (AvgIpc) is 3.37. The van der Waals surface area contributed by atoms with Crippen molar-refractivity contribution in [3.8, 4) is 28.3 Å². The van der Waals surface area contributed by atoms with Crippen molar-refractivity contribution >= 4 is 16.6 Å². The van der Waals surface area contributed by atoms with Crippen LogP contribution in [0, 0.1) is 0 Å². The zero-order valence-corrected chi connectivity index (χ0v) is 21.0. The summed E-state index contributed by atoms with van der Waals surface area (Å²) in [6, 6.07) is 18.6. The number of nitrogens with one attached hydrogen (secondary N) is 1. The molecule has 184 valence electrons. The molecule has 4 aromatic heterocycles. The van der Waals surface area contributed by atoms with Crippen LogP contribution in [-0.4, -0.2) is 64.3 Å².